The zero-order chi connectivity index (χ0) is 12.7. The molecule has 0 aromatic heterocycles. The summed E-state index contributed by atoms with van der Waals surface area (Å²) in [5.74, 6) is 2.25. The van der Waals surface area contributed by atoms with Gasteiger partial charge in [0, 0.05) is 24.6 Å². The van der Waals surface area contributed by atoms with Crippen LogP contribution in [-0.2, 0) is 11.3 Å². The van der Waals surface area contributed by atoms with E-state index in [1.54, 1.807) is 7.11 Å². The van der Waals surface area contributed by atoms with Crippen LogP contribution in [0.2, 0.25) is 0 Å². The molecule has 1 aliphatic carbocycles. The van der Waals surface area contributed by atoms with Crippen molar-refractivity contribution in [3.63, 3.8) is 0 Å². The van der Waals surface area contributed by atoms with Gasteiger partial charge in [-0.05, 0) is 24.4 Å². The molecule has 2 aliphatic rings. The summed E-state index contributed by atoms with van der Waals surface area (Å²) >= 11 is 0. The molecule has 1 aromatic rings. The predicted octanol–water partition coefficient (Wildman–Crippen LogP) is 0.858. The number of fused-ring (bicyclic) bond motifs is 1. The van der Waals surface area contributed by atoms with Gasteiger partial charge in [-0.3, -0.25) is 4.79 Å². The second-order valence-electron chi connectivity index (χ2n) is 5.12. The molecule has 1 amide bonds. The number of hydrogen-bond donors (Lipinski definition) is 1. The first-order valence-corrected chi connectivity index (χ1v) is 6.37. The molecule has 3 rings (SSSR count). The van der Waals surface area contributed by atoms with Crippen molar-refractivity contribution in [2.75, 3.05) is 20.2 Å². The zero-order valence-electron chi connectivity index (χ0n) is 10.5. The van der Waals surface area contributed by atoms with E-state index in [1.807, 2.05) is 29.2 Å². The highest BCUT2D eigenvalue weighted by Gasteiger charge is 2.60. The van der Waals surface area contributed by atoms with E-state index in [2.05, 4.69) is 0 Å². The third-order valence-corrected chi connectivity index (χ3v) is 4.19. The predicted molar refractivity (Wildman–Crippen MR) is 67.9 cm³/mol. The first kappa shape index (κ1) is 11.5. The van der Waals surface area contributed by atoms with Crippen LogP contribution in [0.3, 0.4) is 0 Å². The number of amides is 1. The third-order valence-electron chi connectivity index (χ3n) is 4.19. The van der Waals surface area contributed by atoms with Gasteiger partial charge in [0.1, 0.15) is 5.75 Å². The molecule has 0 spiro atoms. The molecular weight excluding hydrogens is 228 g/mol. The monoisotopic (exact) mass is 246 g/mol. The number of carbonyl (C=O) groups is 1. The largest absolute Gasteiger partial charge is 0.496 e. The van der Waals surface area contributed by atoms with Crippen LogP contribution >= 0.6 is 0 Å². The molecule has 0 bridgehead atoms. The number of likely N-dealkylation sites (tertiary alicyclic amines) is 1. The number of piperidine rings is 1. The second-order valence-corrected chi connectivity index (χ2v) is 5.12. The van der Waals surface area contributed by atoms with Crippen molar-refractivity contribution in [3.8, 4) is 5.75 Å². The van der Waals surface area contributed by atoms with Crippen LogP contribution in [-0.4, -0.2) is 31.0 Å². The van der Waals surface area contributed by atoms with Gasteiger partial charge in [0.15, 0.2) is 0 Å². The lowest BCUT2D eigenvalue weighted by molar-refractivity contribution is -0.131. The Balaban J connectivity index is 1.70. The van der Waals surface area contributed by atoms with Gasteiger partial charge in [-0.15, -0.1) is 0 Å². The third kappa shape index (κ3) is 1.68. The molecule has 2 N–H and O–H groups in total. The topological polar surface area (TPSA) is 55.6 Å². The Bertz CT molecular complexity index is 475. The quantitative estimate of drug-likeness (QED) is 0.857. The molecule has 4 heteroatoms. The number of hydrogen-bond acceptors (Lipinski definition) is 3. The van der Waals surface area contributed by atoms with E-state index < -0.39 is 0 Å². The van der Waals surface area contributed by atoms with E-state index in [0.29, 0.717) is 24.9 Å². The Morgan fingerprint density at radius 2 is 2.22 bits per heavy atom. The van der Waals surface area contributed by atoms with Crippen LogP contribution in [0.4, 0.5) is 0 Å². The minimum atomic E-state index is 0.199. The van der Waals surface area contributed by atoms with Gasteiger partial charge in [-0.2, -0.15) is 0 Å². The molecule has 1 saturated heterocycles. The lowest BCUT2D eigenvalue weighted by Gasteiger charge is -2.21. The molecule has 2 fully saturated rings. The van der Waals surface area contributed by atoms with Crippen molar-refractivity contribution in [3.05, 3.63) is 29.8 Å². The Labute approximate surface area is 107 Å². The van der Waals surface area contributed by atoms with Crippen molar-refractivity contribution in [1.82, 2.24) is 4.90 Å². The summed E-state index contributed by atoms with van der Waals surface area (Å²) in [4.78, 5) is 14.1. The van der Waals surface area contributed by atoms with Crippen molar-refractivity contribution in [2.24, 2.45) is 23.5 Å². The minimum Gasteiger partial charge on any atom is -0.496 e. The van der Waals surface area contributed by atoms with E-state index in [-0.39, 0.29) is 11.8 Å². The average molecular weight is 246 g/mol. The molecule has 1 saturated carbocycles. The van der Waals surface area contributed by atoms with Gasteiger partial charge < -0.3 is 15.4 Å². The van der Waals surface area contributed by atoms with Gasteiger partial charge in [0.05, 0.1) is 7.11 Å². The number of para-hydroxylation sites is 1. The van der Waals surface area contributed by atoms with Crippen LogP contribution < -0.4 is 10.5 Å². The maximum atomic E-state index is 12.1. The summed E-state index contributed by atoms with van der Waals surface area (Å²) in [5, 5.41) is 0. The minimum absolute atomic E-state index is 0.199. The maximum absolute atomic E-state index is 12.1. The van der Waals surface area contributed by atoms with E-state index in [1.165, 1.54) is 0 Å². The van der Waals surface area contributed by atoms with Crippen LogP contribution in [0.1, 0.15) is 5.56 Å². The molecule has 1 aliphatic heterocycles. The van der Waals surface area contributed by atoms with Gasteiger partial charge in [-0.1, -0.05) is 18.2 Å². The van der Waals surface area contributed by atoms with Crippen molar-refractivity contribution >= 4 is 5.91 Å². The van der Waals surface area contributed by atoms with Crippen molar-refractivity contribution < 1.29 is 9.53 Å². The van der Waals surface area contributed by atoms with Gasteiger partial charge in [-0.25, -0.2) is 0 Å². The SMILES string of the molecule is COc1ccccc1CN1CC2C(CN)C2C1=O. The highest BCUT2D eigenvalue weighted by Crippen LogP contribution is 2.52. The summed E-state index contributed by atoms with van der Waals surface area (Å²) < 4.78 is 5.31. The number of nitrogens with zero attached hydrogens (tertiary/aromatic N) is 1. The molecule has 3 unspecified atom stereocenters. The normalized spacial score (nSPS) is 29.3. The fourth-order valence-corrected chi connectivity index (χ4v) is 3.12. The highest BCUT2D eigenvalue weighted by molar-refractivity contribution is 5.85. The number of methoxy groups -OCH3 is 1. The second kappa shape index (κ2) is 4.28. The van der Waals surface area contributed by atoms with Gasteiger partial charge in [0.2, 0.25) is 5.91 Å². The summed E-state index contributed by atoms with van der Waals surface area (Å²) in [5.41, 5.74) is 6.71. The average Bonchev–Trinajstić information content (AvgIpc) is 3.01. The molecular formula is C14H18N2O2. The van der Waals surface area contributed by atoms with Crippen molar-refractivity contribution in [1.29, 1.82) is 0 Å². The molecule has 4 nitrogen and oxygen atoms in total. The van der Waals surface area contributed by atoms with E-state index >= 15 is 0 Å². The Morgan fingerprint density at radius 1 is 1.44 bits per heavy atom. The van der Waals surface area contributed by atoms with Crippen LogP contribution in [0.5, 0.6) is 5.75 Å². The number of benzene rings is 1. The highest BCUT2D eigenvalue weighted by atomic mass is 16.5. The first-order chi connectivity index (χ1) is 8.76. The lowest BCUT2D eigenvalue weighted by Crippen LogP contribution is -2.31. The van der Waals surface area contributed by atoms with E-state index in [4.69, 9.17) is 10.5 Å². The molecule has 96 valence electrons. The smallest absolute Gasteiger partial charge is 0.226 e. The van der Waals surface area contributed by atoms with Crippen molar-refractivity contribution in [2.45, 2.75) is 6.54 Å². The molecule has 0 radical (unpaired) electrons. The Morgan fingerprint density at radius 3 is 2.83 bits per heavy atom. The lowest BCUT2D eigenvalue weighted by atomic mass is 10.1. The summed E-state index contributed by atoms with van der Waals surface area (Å²) in [6.07, 6.45) is 0. The summed E-state index contributed by atoms with van der Waals surface area (Å²) in [7, 11) is 1.66. The number of carbonyl (C=O) groups excluding carboxylic acids is 1. The molecule has 1 heterocycles. The fraction of sp³-hybridized carbons (Fsp3) is 0.500. The Kier molecular flexibility index (Phi) is 2.74. The van der Waals surface area contributed by atoms with Gasteiger partial charge in [0.25, 0.3) is 0 Å². The standard InChI is InChI=1S/C14H18N2O2/c1-18-12-5-3-2-4-9(12)7-16-8-11-10(6-15)13(11)14(16)17/h2-5,10-11,13H,6-8,15H2,1H3. The maximum Gasteiger partial charge on any atom is 0.226 e. The Hall–Kier alpha value is -1.55. The molecule has 1 aromatic carbocycles. The number of nitrogens with two attached hydrogens (primary N) is 1. The zero-order valence-corrected chi connectivity index (χ0v) is 10.5. The van der Waals surface area contributed by atoms with Crippen LogP contribution in [0.25, 0.3) is 0 Å². The number of ether oxygens (including phenoxy) is 1. The van der Waals surface area contributed by atoms with Gasteiger partial charge >= 0.3 is 0 Å². The van der Waals surface area contributed by atoms with Crippen LogP contribution in [0.15, 0.2) is 24.3 Å². The van der Waals surface area contributed by atoms with Crippen LogP contribution in [0, 0.1) is 17.8 Å². The summed E-state index contributed by atoms with van der Waals surface area (Å²) in [6, 6.07) is 7.85. The summed E-state index contributed by atoms with van der Waals surface area (Å²) in [6.45, 7) is 2.14. The first-order valence-electron chi connectivity index (χ1n) is 6.37. The van der Waals surface area contributed by atoms with E-state index in [9.17, 15) is 4.79 Å². The van der Waals surface area contributed by atoms with E-state index in [0.717, 1.165) is 17.9 Å². The molecule has 3 atom stereocenters. The molecule has 18 heavy (non-hydrogen) atoms. The number of rotatable bonds is 4. The fourth-order valence-electron chi connectivity index (χ4n) is 3.12.